The first kappa shape index (κ1) is 31.2. The smallest absolute Gasteiger partial charge is 0.0643 e. The first-order valence-corrected chi connectivity index (χ1v) is 18.2. The van der Waals surface area contributed by atoms with Crippen molar-refractivity contribution >= 4 is 82.5 Å². The van der Waals surface area contributed by atoms with Gasteiger partial charge in [0.2, 0.25) is 0 Å². The monoisotopic (exact) mass is 721 g/mol. The molecule has 9 rings (SSSR count). The third-order valence-corrected chi connectivity index (χ3v) is 10.5. The summed E-state index contributed by atoms with van der Waals surface area (Å²) in [6, 6.07) is 58.5. The number of benzene rings is 7. The fourth-order valence-corrected chi connectivity index (χ4v) is 8.14. The van der Waals surface area contributed by atoms with E-state index in [0.717, 1.165) is 39.3 Å². The lowest BCUT2D eigenvalue weighted by molar-refractivity contribution is 0.439. The van der Waals surface area contributed by atoms with Crippen molar-refractivity contribution < 1.29 is 0 Å². The molecule has 0 spiro atoms. The fraction of sp³-hybridized carbons (Fsp3) is 0.0638. The van der Waals surface area contributed by atoms with Gasteiger partial charge in [-0.1, -0.05) is 137 Å². The Morgan fingerprint density at radius 1 is 0.608 bits per heavy atom. The van der Waals surface area contributed by atoms with Gasteiger partial charge < -0.3 is 14.8 Å². The van der Waals surface area contributed by atoms with E-state index in [0.29, 0.717) is 0 Å². The van der Waals surface area contributed by atoms with E-state index in [-0.39, 0.29) is 5.54 Å². The lowest BCUT2D eigenvalue weighted by Crippen LogP contribution is -2.28. The molecule has 1 heterocycles. The zero-order valence-corrected chi connectivity index (χ0v) is 29.9. The highest BCUT2D eigenvalue weighted by molar-refractivity contribution is 9.10. The van der Waals surface area contributed by atoms with E-state index in [1.54, 1.807) is 0 Å². The van der Waals surface area contributed by atoms with Crippen LogP contribution in [-0.2, 0) is 5.54 Å². The predicted octanol–water partition coefficient (Wildman–Crippen LogP) is 13.7. The van der Waals surface area contributed by atoms with Crippen molar-refractivity contribution in [1.29, 1.82) is 0 Å². The highest BCUT2D eigenvalue weighted by atomic mass is 79.9. The normalized spacial score (nSPS) is 15.7. The number of nitrogens with one attached hydrogen (secondary N) is 1. The summed E-state index contributed by atoms with van der Waals surface area (Å²) in [5.41, 5.74) is 10.1. The minimum Gasteiger partial charge on any atom is -0.355 e. The quantitative estimate of drug-likeness (QED) is 0.177. The molecule has 0 radical (unpaired) electrons. The van der Waals surface area contributed by atoms with E-state index in [1.165, 1.54) is 43.7 Å². The van der Waals surface area contributed by atoms with Crippen LogP contribution in [0, 0.1) is 0 Å². The number of aromatic nitrogens is 1. The van der Waals surface area contributed by atoms with Crippen molar-refractivity contribution in [3.05, 3.63) is 192 Å². The molecule has 1 aromatic heterocycles. The summed E-state index contributed by atoms with van der Waals surface area (Å²) in [5, 5.41) is 8.61. The van der Waals surface area contributed by atoms with E-state index in [2.05, 4.69) is 214 Å². The van der Waals surface area contributed by atoms with Crippen LogP contribution in [0.3, 0.4) is 0 Å². The number of fused-ring (bicyclic) bond motifs is 5. The molecule has 3 nitrogen and oxygen atoms in total. The van der Waals surface area contributed by atoms with Crippen molar-refractivity contribution in [2.75, 3.05) is 10.2 Å². The summed E-state index contributed by atoms with van der Waals surface area (Å²) in [6.07, 6.45) is 8.01. The molecule has 1 N–H and O–H groups in total. The van der Waals surface area contributed by atoms with Gasteiger partial charge in [-0.25, -0.2) is 0 Å². The van der Waals surface area contributed by atoms with Crippen LogP contribution in [0.4, 0.5) is 28.4 Å². The summed E-state index contributed by atoms with van der Waals surface area (Å²) < 4.78 is 3.59. The molecule has 1 atom stereocenters. The second-order valence-corrected chi connectivity index (χ2v) is 14.4. The average molecular weight is 723 g/mol. The first-order chi connectivity index (χ1) is 25.0. The van der Waals surface area contributed by atoms with Gasteiger partial charge >= 0.3 is 0 Å². The van der Waals surface area contributed by atoms with Crippen LogP contribution in [0.1, 0.15) is 18.9 Å². The number of para-hydroxylation sites is 2. The van der Waals surface area contributed by atoms with Gasteiger partial charge in [0.15, 0.2) is 0 Å². The van der Waals surface area contributed by atoms with Gasteiger partial charge in [0, 0.05) is 49.1 Å². The van der Waals surface area contributed by atoms with Crippen LogP contribution in [0.5, 0.6) is 0 Å². The van der Waals surface area contributed by atoms with Crippen LogP contribution < -0.4 is 10.2 Å². The number of hydrogen-bond acceptors (Lipinski definition) is 2. The molecule has 1 unspecified atom stereocenters. The Hall–Kier alpha value is -5.84. The molecule has 0 amide bonds. The maximum Gasteiger partial charge on any atom is 0.0643 e. The topological polar surface area (TPSA) is 20.2 Å². The fourth-order valence-electron chi connectivity index (χ4n) is 7.66. The number of allylic oxidation sites excluding steroid dienone is 4. The van der Waals surface area contributed by atoms with Gasteiger partial charge in [0.1, 0.15) is 0 Å². The lowest BCUT2D eigenvalue weighted by atomic mass is 9.87. The maximum atomic E-state index is 3.83. The molecule has 0 bridgehead atoms. The van der Waals surface area contributed by atoms with E-state index in [4.69, 9.17) is 0 Å². The van der Waals surface area contributed by atoms with Gasteiger partial charge in [0.25, 0.3) is 0 Å². The molecule has 1 aliphatic rings. The van der Waals surface area contributed by atoms with Crippen LogP contribution in [-0.4, -0.2) is 4.57 Å². The second kappa shape index (κ2) is 12.8. The van der Waals surface area contributed by atoms with Gasteiger partial charge in [0.05, 0.1) is 16.6 Å². The van der Waals surface area contributed by atoms with Gasteiger partial charge in [-0.05, 0) is 90.5 Å². The third kappa shape index (κ3) is 5.72. The van der Waals surface area contributed by atoms with Crippen LogP contribution in [0.15, 0.2) is 186 Å². The minimum atomic E-state index is -0.259. The molecule has 0 aliphatic heterocycles. The molecule has 4 heteroatoms. The Bertz CT molecular complexity index is 2600. The number of nitrogens with zero attached hydrogens (tertiary/aromatic N) is 2. The van der Waals surface area contributed by atoms with Crippen LogP contribution in [0.25, 0.3) is 38.2 Å². The van der Waals surface area contributed by atoms with Crippen molar-refractivity contribution in [3.8, 4) is 0 Å². The Morgan fingerprint density at radius 3 is 2.10 bits per heavy atom. The van der Waals surface area contributed by atoms with Gasteiger partial charge in [-0.2, -0.15) is 0 Å². The summed E-state index contributed by atoms with van der Waals surface area (Å²) in [4.78, 5) is 2.35. The SMILES string of the molecule is CC1(n2c3ccc(N(c4ccccc4)c4cc(Br)cc(Nc5ccccc5)c4)cc3c3ccc4ccccc4c32)C=CC(c2ccccc2)=CC1. The van der Waals surface area contributed by atoms with Crippen molar-refractivity contribution in [2.45, 2.75) is 18.9 Å². The zero-order valence-electron chi connectivity index (χ0n) is 28.3. The Balaban J connectivity index is 1.23. The minimum absolute atomic E-state index is 0.259. The van der Waals surface area contributed by atoms with Gasteiger partial charge in [-0.15, -0.1) is 0 Å². The summed E-state index contributed by atoms with van der Waals surface area (Å²) in [6.45, 7) is 2.37. The largest absolute Gasteiger partial charge is 0.355 e. The van der Waals surface area contributed by atoms with Crippen molar-refractivity contribution in [1.82, 2.24) is 4.57 Å². The number of anilines is 5. The van der Waals surface area contributed by atoms with E-state index in [1.807, 2.05) is 6.07 Å². The summed E-state index contributed by atoms with van der Waals surface area (Å²) in [5.74, 6) is 0. The molecule has 0 saturated heterocycles. The Labute approximate surface area is 306 Å². The Kier molecular flexibility index (Phi) is 7.82. The standard InChI is InChI=1S/C47H36BrN3/c1-47(27-25-34(26-28-47)33-13-5-2-6-14-33)51-45-24-22-40(32-44(45)43-23-21-35-15-11-12-20-42(35)46(43)51)50(39-18-9-4-10-19-39)41-30-36(48)29-38(31-41)49-37-16-7-3-8-17-37/h2-27,29-32,49H,28H2,1H3. The molecule has 0 fully saturated rings. The predicted molar refractivity (Wildman–Crippen MR) is 221 cm³/mol. The van der Waals surface area contributed by atoms with Crippen molar-refractivity contribution in [2.24, 2.45) is 0 Å². The van der Waals surface area contributed by atoms with E-state index < -0.39 is 0 Å². The molecule has 246 valence electrons. The summed E-state index contributed by atoms with van der Waals surface area (Å²) >= 11 is 3.83. The molecule has 8 aromatic rings. The third-order valence-electron chi connectivity index (χ3n) is 10.1. The average Bonchev–Trinajstić information content (AvgIpc) is 3.51. The molecular weight excluding hydrogens is 686 g/mol. The number of rotatable bonds is 7. The molecule has 7 aromatic carbocycles. The molecule has 1 aliphatic carbocycles. The maximum absolute atomic E-state index is 3.83. The second-order valence-electron chi connectivity index (χ2n) is 13.5. The van der Waals surface area contributed by atoms with Crippen LogP contribution in [0.2, 0.25) is 0 Å². The van der Waals surface area contributed by atoms with E-state index >= 15 is 0 Å². The molecular formula is C47H36BrN3. The highest BCUT2D eigenvalue weighted by Gasteiger charge is 2.30. The zero-order chi connectivity index (χ0) is 34.4. The number of halogens is 1. The molecule has 0 saturated carbocycles. The number of hydrogen-bond donors (Lipinski definition) is 1. The van der Waals surface area contributed by atoms with Crippen LogP contribution >= 0.6 is 15.9 Å². The first-order valence-electron chi connectivity index (χ1n) is 17.4. The summed E-state index contributed by atoms with van der Waals surface area (Å²) in [7, 11) is 0. The Morgan fingerprint density at radius 2 is 1.33 bits per heavy atom. The van der Waals surface area contributed by atoms with Crippen molar-refractivity contribution in [3.63, 3.8) is 0 Å². The molecule has 51 heavy (non-hydrogen) atoms. The highest BCUT2D eigenvalue weighted by Crippen LogP contribution is 2.45. The van der Waals surface area contributed by atoms with Gasteiger partial charge in [-0.3, -0.25) is 0 Å². The van der Waals surface area contributed by atoms with E-state index in [9.17, 15) is 0 Å². The lowest BCUT2D eigenvalue weighted by Gasteiger charge is -2.33.